The normalized spacial score (nSPS) is 24.5. The number of ketones is 1. The number of rotatable bonds is 5. The summed E-state index contributed by atoms with van der Waals surface area (Å²) in [6.07, 6.45) is 5.85. The van der Waals surface area contributed by atoms with Crippen LogP contribution in [0.5, 0.6) is 0 Å². The summed E-state index contributed by atoms with van der Waals surface area (Å²) in [6, 6.07) is 0. The van der Waals surface area contributed by atoms with E-state index in [0.29, 0.717) is 5.78 Å². The molecule has 3 heteroatoms. The van der Waals surface area contributed by atoms with Crippen LogP contribution in [-0.4, -0.2) is 42.0 Å². The van der Waals surface area contributed by atoms with Crippen molar-refractivity contribution in [2.24, 2.45) is 5.92 Å². The molecule has 0 aromatic rings. The number of nitrogens with zero attached hydrogens (tertiary/aromatic N) is 1. The first-order valence-corrected chi connectivity index (χ1v) is 6.49. The van der Waals surface area contributed by atoms with Gasteiger partial charge in [0.1, 0.15) is 5.78 Å². The van der Waals surface area contributed by atoms with Crippen molar-refractivity contribution in [2.45, 2.75) is 51.6 Å². The summed E-state index contributed by atoms with van der Waals surface area (Å²) in [4.78, 5) is 14.0. The van der Waals surface area contributed by atoms with Crippen LogP contribution in [0.25, 0.3) is 0 Å². The summed E-state index contributed by atoms with van der Waals surface area (Å²) in [6.45, 7) is 3.55. The number of carbonyl (C=O) groups is 1. The SMILES string of the molecule is CC(O)CCN(C)CC1CCCCCC1=O. The van der Waals surface area contributed by atoms with Gasteiger partial charge in [-0.3, -0.25) is 4.79 Å². The van der Waals surface area contributed by atoms with Gasteiger partial charge in [-0.1, -0.05) is 12.8 Å². The Bertz CT molecular complexity index is 216. The first kappa shape index (κ1) is 13.7. The molecule has 0 saturated heterocycles. The Kier molecular flexibility index (Phi) is 5.99. The van der Waals surface area contributed by atoms with Gasteiger partial charge in [-0.25, -0.2) is 0 Å². The Morgan fingerprint density at radius 2 is 2.19 bits per heavy atom. The fraction of sp³-hybridized carbons (Fsp3) is 0.923. The number of aliphatic hydroxyl groups is 1. The van der Waals surface area contributed by atoms with Gasteiger partial charge in [-0.05, 0) is 33.2 Å². The van der Waals surface area contributed by atoms with Crippen molar-refractivity contribution in [2.75, 3.05) is 20.1 Å². The molecule has 0 heterocycles. The Labute approximate surface area is 98.8 Å². The van der Waals surface area contributed by atoms with Crippen LogP contribution in [0.4, 0.5) is 0 Å². The van der Waals surface area contributed by atoms with Gasteiger partial charge >= 0.3 is 0 Å². The highest BCUT2D eigenvalue weighted by molar-refractivity contribution is 5.81. The minimum atomic E-state index is -0.243. The third-order valence-corrected chi connectivity index (χ3v) is 3.39. The van der Waals surface area contributed by atoms with Crippen LogP contribution < -0.4 is 0 Å². The highest BCUT2D eigenvalue weighted by Gasteiger charge is 2.21. The summed E-state index contributed by atoms with van der Waals surface area (Å²) < 4.78 is 0. The van der Waals surface area contributed by atoms with Crippen molar-refractivity contribution in [3.05, 3.63) is 0 Å². The summed E-state index contributed by atoms with van der Waals surface area (Å²) in [5, 5.41) is 9.21. The van der Waals surface area contributed by atoms with E-state index in [2.05, 4.69) is 4.90 Å². The quantitative estimate of drug-likeness (QED) is 0.729. The van der Waals surface area contributed by atoms with Crippen LogP contribution in [0.2, 0.25) is 0 Å². The number of hydrogen-bond acceptors (Lipinski definition) is 3. The highest BCUT2D eigenvalue weighted by atomic mass is 16.3. The zero-order valence-corrected chi connectivity index (χ0v) is 10.6. The molecule has 1 aliphatic rings. The van der Waals surface area contributed by atoms with Gasteiger partial charge in [0.15, 0.2) is 0 Å². The lowest BCUT2D eigenvalue weighted by molar-refractivity contribution is -0.123. The van der Waals surface area contributed by atoms with Crippen molar-refractivity contribution in [3.63, 3.8) is 0 Å². The predicted molar refractivity (Wildman–Crippen MR) is 65.4 cm³/mol. The molecule has 2 atom stereocenters. The van der Waals surface area contributed by atoms with Gasteiger partial charge < -0.3 is 10.0 Å². The van der Waals surface area contributed by atoms with Gasteiger partial charge in [-0.15, -0.1) is 0 Å². The maximum Gasteiger partial charge on any atom is 0.137 e. The van der Waals surface area contributed by atoms with Crippen LogP contribution in [0.3, 0.4) is 0 Å². The molecule has 0 bridgehead atoms. The average molecular weight is 227 g/mol. The molecule has 0 amide bonds. The molecule has 16 heavy (non-hydrogen) atoms. The zero-order valence-electron chi connectivity index (χ0n) is 10.6. The Hall–Kier alpha value is -0.410. The molecule has 94 valence electrons. The second-order valence-corrected chi connectivity index (χ2v) is 5.16. The van der Waals surface area contributed by atoms with Crippen LogP contribution in [0.15, 0.2) is 0 Å². The first-order chi connectivity index (χ1) is 7.59. The van der Waals surface area contributed by atoms with Gasteiger partial charge in [0, 0.05) is 25.4 Å². The number of aliphatic hydroxyl groups excluding tert-OH is 1. The van der Waals surface area contributed by atoms with Crippen molar-refractivity contribution >= 4 is 5.78 Å². The molecule has 2 unspecified atom stereocenters. The van der Waals surface area contributed by atoms with E-state index < -0.39 is 0 Å². The summed E-state index contributed by atoms with van der Waals surface area (Å²) in [7, 11) is 2.04. The number of Topliss-reactive ketones (excluding diaryl/α,β-unsaturated/α-hetero) is 1. The number of hydrogen-bond donors (Lipinski definition) is 1. The maximum atomic E-state index is 11.8. The summed E-state index contributed by atoms with van der Waals surface area (Å²) in [5.41, 5.74) is 0. The largest absolute Gasteiger partial charge is 0.393 e. The maximum absolute atomic E-state index is 11.8. The van der Waals surface area contributed by atoms with Crippen LogP contribution in [0, 0.1) is 5.92 Å². The van der Waals surface area contributed by atoms with Crippen molar-refractivity contribution < 1.29 is 9.90 Å². The fourth-order valence-corrected chi connectivity index (χ4v) is 2.30. The van der Waals surface area contributed by atoms with E-state index in [-0.39, 0.29) is 12.0 Å². The van der Waals surface area contributed by atoms with E-state index in [1.165, 1.54) is 12.8 Å². The van der Waals surface area contributed by atoms with Gasteiger partial charge in [-0.2, -0.15) is 0 Å². The third-order valence-electron chi connectivity index (χ3n) is 3.39. The summed E-state index contributed by atoms with van der Waals surface area (Å²) in [5.74, 6) is 0.683. The number of carbonyl (C=O) groups excluding carboxylic acids is 1. The van der Waals surface area contributed by atoms with Crippen molar-refractivity contribution in [1.82, 2.24) is 4.90 Å². The minimum Gasteiger partial charge on any atom is -0.393 e. The Morgan fingerprint density at radius 3 is 2.88 bits per heavy atom. The van der Waals surface area contributed by atoms with E-state index in [4.69, 9.17) is 0 Å². The fourth-order valence-electron chi connectivity index (χ4n) is 2.30. The molecule has 1 rings (SSSR count). The van der Waals surface area contributed by atoms with Gasteiger partial charge in [0.05, 0.1) is 6.10 Å². The smallest absolute Gasteiger partial charge is 0.137 e. The van der Waals surface area contributed by atoms with Gasteiger partial charge in [0.2, 0.25) is 0 Å². The second-order valence-electron chi connectivity index (χ2n) is 5.16. The molecule has 0 aliphatic heterocycles. The monoisotopic (exact) mass is 227 g/mol. The van der Waals surface area contributed by atoms with E-state index in [1.54, 1.807) is 0 Å². The Morgan fingerprint density at radius 1 is 1.44 bits per heavy atom. The van der Waals surface area contributed by atoms with E-state index in [0.717, 1.165) is 38.8 Å². The topological polar surface area (TPSA) is 40.5 Å². The second kappa shape index (κ2) is 7.02. The molecule has 0 aromatic heterocycles. The molecular weight excluding hydrogens is 202 g/mol. The molecule has 3 nitrogen and oxygen atoms in total. The van der Waals surface area contributed by atoms with Crippen LogP contribution in [-0.2, 0) is 4.79 Å². The standard InChI is InChI=1S/C13H25NO2/c1-11(15)8-9-14(2)10-12-6-4-3-5-7-13(12)16/h11-12,15H,3-10H2,1-2H3. The molecule has 1 saturated carbocycles. The molecular formula is C13H25NO2. The molecule has 0 aromatic carbocycles. The molecule has 1 fully saturated rings. The lowest BCUT2D eigenvalue weighted by Gasteiger charge is -2.22. The van der Waals surface area contributed by atoms with E-state index in [9.17, 15) is 9.90 Å². The van der Waals surface area contributed by atoms with Gasteiger partial charge in [0.25, 0.3) is 0 Å². The minimum absolute atomic E-state index is 0.237. The molecule has 0 spiro atoms. The Balaban J connectivity index is 2.30. The lowest BCUT2D eigenvalue weighted by Crippen LogP contribution is -2.31. The molecule has 0 radical (unpaired) electrons. The van der Waals surface area contributed by atoms with E-state index >= 15 is 0 Å². The van der Waals surface area contributed by atoms with Crippen molar-refractivity contribution in [3.8, 4) is 0 Å². The van der Waals surface area contributed by atoms with Crippen molar-refractivity contribution in [1.29, 1.82) is 0 Å². The summed E-state index contributed by atoms with van der Waals surface area (Å²) >= 11 is 0. The zero-order chi connectivity index (χ0) is 12.0. The molecule has 1 aliphatic carbocycles. The van der Waals surface area contributed by atoms with E-state index in [1.807, 2.05) is 14.0 Å². The van der Waals surface area contributed by atoms with Crippen LogP contribution in [0.1, 0.15) is 45.4 Å². The molecule has 1 N–H and O–H groups in total. The highest BCUT2D eigenvalue weighted by Crippen LogP contribution is 2.20. The lowest BCUT2D eigenvalue weighted by atomic mass is 9.98. The van der Waals surface area contributed by atoms with Crippen LogP contribution >= 0.6 is 0 Å². The average Bonchev–Trinajstić information content (AvgIpc) is 2.42. The third kappa shape index (κ3) is 5.08. The first-order valence-electron chi connectivity index (χ1n) is 6.49. The predicted octanol–water partition coefficient (Wildman–Crippen LogP) is 1.84.